The number of nitrogens with two attached hydrogens (primary N) is 1. The van der Waals surface area contributed by atoms with Gasteiger partial charge in [0.05, 0.1) is 5.69 Å². The molecule has 0 bridgehead atoms. The lowest BCUT2D eigenvalue weighted by Crippen LogP contribution is -2.34. The van der Waals surface area contributed by atoms with Gasteiger partial charge in [0.2, 0.25) is 17.7 Å². The van der Waals surface area contributed by atoms with Crippen LogP contribution in [0.4, 0.5) is 5.69 Å². The van der Waals surface area contributed by atoms with Gasteiger partial charge in [-0.3, -0.25) is 9.59 Å². The largest absolute Gasteiger partial charge is 0.424 e. The Balaban J connectivity index is 1.45. The van der Waals surface area contributed by atoms with E-state index in [-0.39, 0.29) is 18.0 Å². The summed E-state index contributed by atoms with van der Waals surface area (Å²) in [5.41, 5.74) is 10.3. The zero-order valence-electron chi connectivity index (χ0n) is 22.5. The maximum atomic E-state index is 13.3. The molecule has 0 unspecified atom stereocenters. The van der Waals surface area contributed by atoms with Gasteiger partial charge in [0, 0.05) is 49.2 Å². The van der Waals surface area contributed by atoms with Crippen LogP contribution in [0.1, 0.15) is 50.5 Å². The molecule has 2 aromatic carbocycles. The normalized spacial score (nSPS) is 13.0. The summed E-state index contributed by atoms with van der Waals surface area (Å²) in [6.45, 7) is 7.51. The van der Waals surface area contributed by atoms with Gasteiger partial charge in [-0.2, -0.15) is 0 Å². The molecule has 1 aliphatic heterocycles. The number of pyridine rings is 1. The van der Waals surface area contributed by atoms with Crippen LogP contribution in [0.5, 0.6) is 0 Å². The third kappa shape index (κ3) is 5.52. The number of carbonyl (C=O) groups excluding carboxylic acids is 1. The number of aryl methyl sites for hydroxylation is 1. The van der Waals surface area contributed by atoms with Crippen molar-refractivity contribution in [2.45, 2.75) is 46.6 Å². The topological polar surface area (TPSA) is 120 Å². The van der Waals surface area contributed by atoms with Crippen molar-refractivity contribution in [3.63, 3.8) is 0 Å². The summed E-state index contributed by atoms with van der Waals surface area (Å²) in [4.78, 5) is 32.9. The highest BCUT2D eigenvalue weighted by molar-refractivity contribution is 6.05. The van der Waals surface area contributed by atoms with E-state index in [1.54, 1.807) is 17.7 Å². The summed E-state index contributed by atoms with van der Waals surface area (Å²) >= 11 is 0. The van der Waals surface area contributed by atoms with Gasteiger partial charge in [-0.05, 0) is 59.7 Å². The number of fused-ring (bicyclic) bond motifs is 2. The van der Waals surface area contributed by atoms with E-state index in [0.717, 1.165) is 53.7 Å². The molecule has 9 nitrogen and oxygen atoms in total. The first-order valence-corrected chi connectivity index (χ1v) is 13.3. The lowest BCUT2D eigenvalue weighted by Gasteiger charge is -2.22. The van der Waals surface area contributed by atoms with Crippen molar-refractivity contribution >= 4 is 34.3 Å². The van der Waals surface area contributed by atoms with Crippen LogP contribution < -0.4 is 11.3 Å². The number of nitrogens with zero attached hydrogens (tertiary/aromatic N) is 5. The number of amides is 1. The molecule has 0 saturated heterocycles. The molecule has 0 saturated carbocycles. The molecule has 200 valence electrons. The molecule has 0 atom stereocenters. The van der Waals surface area contributed by atoms with Crippen LogP contribution in [-0.2, 0) is 11.3 Å². The molecule has 1 amide bonds. The van der Waals surface area contributed by atoms with Crippen molar-refractivity contribution in [1.29, 1.82) is 0 Å². The molecule has 1 aliphatic rings. The van der Waals surface area contributed by atoms with Gasteiger partial charge in [0.25, 0.3) is 5.56 Å². The highest BCUT2D eigenvalue weighted by Crippen LogP contribution is 2.33. The minimum absolute atomic E-state index is 0.0168. The molecule has 2 aromatic heterocycles. The Bertz CT molecular complexity index is 1660. The van der Waals surface area contributed by atoms with E-state index in [4.69, 9.17) is 10.2 Å². The van der Waals surface area contributed by atoms with Crippen LogP contribution >= 0.6 is 0 Å². The number of benzene rings is 2. The SMILES string of the molecule is CCCN(CCC)C(=O)C1=Cc2ccc(-c3ccc4c(=O)n(Cc5nnc(C)o5)ccc4c3)cc2N=C(N)C1. The van der Waals surface area contributed by atoms with Crippen LogP contribution in [0.25, 0.3) is 28.0 Å². The molecular weight excluding hydrogens is 492 g/mol. The predicted octanol–water partition coefficient (Wildman–Crippen LogP) is 4.83. The Hall–Kier alpha value is -4.53. The zero-order valence-corrected chi connectivity index (χ0v) is 22.5. The highest BCUT2D eigenvalue weighted by Gasteiger charge is 2.21. The van der Waals surface area contributed by atoms with Crippen molar-refractivity contribution in [1.82, 2.24) is 19.7 Å². The Morgan fingerprint density at radius 3 is 2.51 bits per heavy atom. The molecule has 0 spiro atoms. The molecule has 39 heavy (non-hydrogen) atoms. The Kier molecular flexibility index (Phi) is 7.40. The van der Waals surface area contributed by atoms with Gasteiger partial charge in [0.1, 0.15) is 12.4 Å². The molecule has 2 N–H and O–H groups in total. The van der Waals surface area contributed by atoms with E-state index in [1.165, 1.54) is 0 Å². The summed E-state index contributed by atoms with van der Waals surface area (Å²) in [6, 6.07) is 13.6. The fourth-order valence-electron chi connectivity index (χ4n) is 4.90. The zero-order chi connectivity index (χ0) is 27.5. The number of aliphatic imine (C=N–C) groups is 1. The fraction of sp³-hybridized carbons (Fsp3) is 0.300. The fourth-order valence-corrected chi connectivity index (χ4v) is 4.90. The number of hydrogen-bond donors (Lipinski definition) is 1. The summed E-state index contributed by atoms with van der Waals surface area (Å²) in [5.74, 6) is 1.28. The van der Waals surface area contributed by atoms with Crippen LogP contribution in [0.2, 0.25) is 0 Å². The molecular formula is C30H32N6O3. The second kappa shape index (κ2) is 11.1. The maximum absolute atomic E-state index is 13.3. The van der Waals surface area contributed by atoms with Crippen LogP contribution in [0.15, 0.2) is 68.4 Å². The molecule has 0 radical (unpaired) electrons. The molecule has 3 heterocycles. The average Bonchev–Trinajstić information content (AvgIpc) is 3.25. The monoisotopic (exact) mass is 524 g/mol. The first kappa shape index (κ1) is 26.1. The van der Waals surface area contributed by atoms with Crippen LogP contribution in [0, 0.1) is 6.92 Å². The molecule has 9 heteroatoms. The van der Waals surface area contributed by atoms with Crippen molar-refractivity contribution < 1.29 is 9.21 Å². The number of hydrogen-bond acceptors (Lipinski definition) is 7. The number of aromatic nitrogens is 3. The third-order valence-electron chi connectivity index (χ3n) is 6.73. The minimum atomic E-state index is -0.128. The van der Waals surface area contributed by atoms with E-state index >= 15 is 0 Å². The van der Waals surface area contributed by atoms with Gasteiger partial charge >= 0.3 is 0 Å². The first-order chi connectivity index (χ1) is 18.9. The Labute approximate surface area is 226 Å². The number of carbonyl (C=O) groups is 1. The molecule has 4 aromatic rings. The van der Waals surface area contributed by atoms with Crippen LogP contribution in [0.3, 0.4) is 0 Å². The lowest BCUT2D eigenvalue weighted by atomic mass is 9.99. The van der Waals surface area contributed by atoms with Crippen molar-refractivity contribution in [2.75, 3.05) is 13.1 Å². The molecule has 0 aliphatic carbocycles. The highest BCUT2D eigenvalue weighted by atomic mass is 16.4. The summed E-state index contributed by atoms with van der Waals surface area (Å²) in [5, 5.41) is 9.23. The summed E-state index contributed by atoms with van der Waals surface area (Å²) in [7, 11) is 0. The third-order valence-corrected chi connectivity index (χ3v) is 6.73. The van der Waals surface area contributed by atoms with Crippen molar-refractivity contribution in [3.05, 3.63) is 81.9 Å². The maximum Gasteiger partial charge on any atom is 0.258 e. The lowest BCUT2D eigenvalue weighted by molar-refractivity contribution is -0.127. The average molecular weight is 525 g/mol. The van der Waals surface area contributed by atoms with E-state index in [1.807, 2.05) is 53.4 Å². The Morgan fingerprint density at radius 1 is 1.05 bits per heavy atom. The van der Waals surface area contributed by atoms with Crippen molar-refractivity contribution in [3.8, 4) is 11.1 Å². The van der Waals surface area contributed by atoms with Gasteiger partial charge < -0.3 is 19.6 Å². The smallest absolute Gasteiger partial charge is 0.258 e. The van der Waals surface area contributed by atoms with Gasteiger partial charge in [-0.15, -0.1) is 10.2 Å². The molecule has 0 fully saturated rings. The number of rotatable bonds is 8. The van der Waals surface area contributed by atoms with Crippen LogP contribution in [-0.4, -0.2) is 44.5 Å². The Morgan fingerprint density at radius 2 is 1.79 bits per heavy atom. The summed E-state index contributed by atoms with van der Waals surface area (Å²) < 4.78 is 6.98. The standard InChI is InChI=1S/C30H32N6O3/c1-4-11-35(12-5-2)29(37)24-15-23-7-6-21(16-26(23)32-27(31)17-24)20-8-9-25-22(14-20)10-13-36(30(25)38)18-28-34-33-19(3)39-28/h6-10,13-16H,4-5,11-12,17-18H2,1-3H3,(H2,31,32). The van der Waals surface area contributed by atoms with E-state index in [2.05, 4.69) is 29.0 Å². The van der Waals surface area contributed by atoms with Gasteiger partial charge in [0.15, 0.2) is 0 Å². The van der Waals surface area contributed by atoms with Gasteiger partial charge in [-0.25, -0.2) is 4.99 Å². The molecule has 5 rings (SSSR count). The quantitative estimate of drug-likeness (QED) is 0.352. The summed E-state index contributed by atoms with van der Waals surface area (Å²) in [6.07, 6.45) is 5.77. The second-order valence-electron chi connectivity index (χ2n) is 9.78. The first-order valence-electron chi connectivity index (χ1n) is 13.3. The van der Waals surface area contributed by atoms with Gasteiger partial charge in [-0.1, -0.05) is 32.0 Å². The van der Waals surface area contributed by atoms with E-state index in [0.29, 0.717) is 35.0 Å². The van der Waals surface area contributed by atoms with Crippen molar-refractivity contribution in [2.24, 2.45) is 10.7 Å². The minimum Gasteiger partial charge on any atom is -0.424 e. The predicted molar refractivity (Wildman–Crippen MR) is 153 cm³/mol. The second-order valence-corrected chi connectivity index (χ2v) is 9.78. The number of amidine groups is 1. The van der Waals surface area contributed by atoms with E-state index < -0.39 is 0 Å². The van der Waals surface area contributed by atoms with E-state index in [9.17, 15) is 9.59 Å².